The molecule has 16 heavy (non-hydrogen) atoms. The van der Waals surface area contributed by atoms with Crippen molar-refractivity contribution in [3.63, 3.8) is 0 Å². The van der Waals surface area contributed by atoms with Gasteiger partial charge in [0.1, 0.15) is 0 Å². The van der Waals surface area contributed by atoms with E-state index < -0.39 is 0 Å². The van der Waals surface area contributed by atoms with E-state index in [0.717, 1.165) is 5.75 Å². The van der Waals surface area contributed by atoms with Gasteiger partial charge in [-0.3, -0.25) is 0 Å². The summed E-state index contributed by atoms with van der Waals surface area (Å²) >= 11 is 4.57. The third kappa shape index (κ3) is 2.93. The average molecular weight is 243 g/mol. The van der Waals surface area contributed by atoms with Gasteiger partial charge in [-0.05, 0) is 55.9 Å². The number of rotatable bonds is 4. The summed E-state index contributed by atoms with van der Waals surface area (Å²) in [5, 5.41) is 9.13. The van der Waals surface area contributed by atoms with Crippen LogP contribution in [-0.4, -0.2) is 42.0 Å². The van der Waals surface area contributed by atoms with Crippen molar-refractivity contribution in [3.8, 4) is 0 Å². The molecule has 94 valence electrons. The molecule has 1 aliphatic heterocycles. The van der Waals surface area contributed by atoms with Crippen LogP contribution in [0.25, 0.3) is 0 Å². The molecule has 2 nitrogen and oxygen atoms in total. The fourth-order valence-electron chi connectivity index (χ4n) is 3.29. The summed E-state index contributed by atoms with van der Waals surface area (Å²) in [7, 11) is 0. The summed E-state index contributed by atoms with van der Waals surface area (Å²) in [6.45, 7) is 3.99. The van der Waals surface area contributed by atoms with Crippen molar-refractivity contribution in [1.29, 1.82) is 0 Å². The van der Waals surface area contributed by atoms with Crippen LogP contribution in [0.5, 0.6) is 0 Å². The normalized spacial score (nSPS) is 27.4. The summed E-state index contributed by atoms with van der Waals surface area (Å²) in [6, 6.07) is 0. The first-order valence-corrected chi connectivity index (χ1v) is 7.35. The quantitative estimate of drug-likeness (QED) is 0.739. The maximum atomic E-state index is 9.13. The zero-order valence-electron chi connectivity index (χ0n) is 10.2. The second-order valence-electron chi connectivity index (χ2n) is 5.77. The molecule has 2 aliphatic rings. The third-order valence-corrected chi connectivity index (χ3v) is 5.19. The Labute approximate surface area is 105 Å². The Kier molecular flexibility index (Phi) is 4.57. The standard InChI is InChI=1S/C13H25NOS/c15-9-12-3-7-14(8-4-12)10-13(11-16)5-1-2-6-13/h12,15-16H,1-11H2. The molecular weight excluding hydrogens is 218 g/mol. The summed E-state index contributed by atoms with van der Waals surface area (Å²) < 4.78 is 0. The zero-order chi connectivity index (χ0) is 11.4. The molecule has 1 saturated carbocycles. The Bertz CT molecular complexity index is 208. The Morgan fingerprint density at radius 1 is 1.19 bits per heavy atom. The van der Waals surface area contributed by atoms with Gasteiger partial charge in [-0.1, -0.05) is 12.8 Å². The molecule has 0 spiro atoms. The van der Waals surface area contributed by atoms with E-state index in [0.29, 0.717) is 17.9 Å². The first kappa shape index (κ1) is 12.7. The number of aliphatic hydroxyl groups excluding tert-OH is 1. The van der Waals surface area contributed by atoms with Crippen LogP contribution in [-0.2, 0) is 0 Å². The molecule has 0 aromatic carbocycles. The van der Waals surface area contributed by atoms with Gasteiger partial charge < -0.3 is 10.0 Å². The van der Waals surface area contributed by atoms with Gasteiger partial charge in [-0.15, -0.1) is 0 Å². The largest absolute Gasteiger partial charge is 0.396 e. The molecular formula is C13H25NOS. The van der Waals surface area contributed by atoms with Crippen molar-refractivity contribution in [2.45, 2.75) is 38.5 Å². The predicted molar refractivity (Wildman–Crippen MR) is 71.0 cm³/mol. The second-order valence-corrected chi connectivity index (χ2v) is 6.08. The Balaban J connectivity index is 1.81. The molecule has 0 aromatic heterocycles. The highest BCUT2D eigenvalue weighted by molar-refractivity contribution is 7.80. The SMILES string of the molecule is OCC1CCN(CC2(CS)CCCC2)CC1. The lowest BCUT2D eigenvalue weighted by Gasteiger charge is -2.38. The van der Waals surface area contributed by atoms with Gasteiger partial charge >= 0.3 is 0 Å². The minimum atomic E-state index is 0.381. The van der Waals surface area contributed by atoms with Crippen LogP contribution in [0.3, 0.4) is 0 Å². The molecule has 1 aliphatic carbocycles. The number of hydrogen-bond donors (Lipinski definition) is 2. The molecule has 2 rings (SSSR count). The van der Waals surface area contributed by atoms with Crippen molar-refractivity contribution in [3.05, 3.63) is 0 Å². The monoisotopic (exact) mass is 243 g/mol. The van der Waals surface area contributed by atoms with Crippen molar-refractivity contribution in [1.82, 2.24) is 4.90 Å². The van der Waals surface area contributed by atoms with Crippen LogP contribution in [0, 0.1) is 11.3 Å². The predicted octanol–water partition coefficient (Wildman–Crippen LogP) is 2.18. The first-order valence-electron chi connectivity index (χ1n) is 6.72. The van der Waals surface area contributed by atoms with Crippen molar-refractivity contribution < 1.29 is 5.11 Å². The Morgan fingerprint density at radius 3 is 2.31 bits per heavy atom. The third-order valence-electron chi connectivity index (χ3n) is 4.52. The van der Waals surface area contributed by atoms with E-state index in [1.165, 1.54) is 58.2 Å². The van der Waals surface area contributed by atoms with Crippen molar-refractivity contribution in [2.75, 3.05) is 32.0 Å². The van der Waals surface area contributed by atoms with Gasteiger partial charge in [0.15, 0.2) is 0 Å². The molecule has 0 amide bonds. The number of aliphatic hydroxyl groups is 1. The molecule has 1 saturated heterocycles. The highest BCUT2D eigenvalue weighted by Gasteiger charge is 2.35. The summed E-state index contributed by atoms with van der Waals surface area (Å²) in [5.41, 5.74) is 0.509. The molecule has 0 radical (unpaired) electrons. The first-order chi connectivity index (χ1) is 7.78. The van der Waals surface area contributed by atoms with Gasteiger partial charge in [-0.25, -0.2) is 0 Å². The number of likely N-dealkylation sites (tertiary alicyclic amines) is 1. The number of piperidine rings is 1. The second kappa shape index (κ2) is 5.74. The van der Waals surface area contributed by atoms with Gasteiger partial charge in [-0.2, -0.15) is 12.6 Å². The topological polar surface area (TPSA) is 23.5 Å². The summed E-state index contributed by atoms with van der Waals surface area (Å²) in [4.78, 5) is 2.60. The van der Waals surface area contributed by atoms with Crippen LogP contribution >= 0.6 is 12.6 Å². The van der Waals surface area contributed by atoms with Gasteiger partial charge in [0.2, 0.25) is 0 Å². The molecule has 1 N–H and O–H groups in total. The summed E-state index contributed by atoms with van der Waals surface area (Å²) in [5.74, 6) is 1.61. The van der Waals surface area contributed by atoms with E-state index in [1.807, 2.05) is 0 Å². The van der Waals surface area contributed by atoms with E-state index in [-0.39, 0.29) is 0 Å². The Morgan fingerprint density at radius 2 is 1.81 bits per heavy atom. The minimum Gasteiger partial charge on any atom is -0.396 e. The average Bonchev–Trinajstić information content (AvgIpc) is 2.79. The van der Waals surface area contributed by atoms with Gasteiger partial charge in [0, 0.05) is 13.2 Å². The minimum absolute atomic E-state index is 0.381. The molecule has 0 unspecified atom stereocenters. The van der Waals surface area contributed by atoms with Crippen LogP contribution < -0.4 is 0 Å². The van der Waals surface area contributed by atoms with Gasteiger partial charge in [0.25, 0.3) is 0 Å². The lowest BCUT2D eigenvalue weighted by molar-refractivity contribution is 0.0984. The van der Waals surface area contributed by atoms with E-state index in [1.54, 1.807) is 0 Å². The molecule has 1 heterocycles. The number of nitrogens with zero attached hydrogens (tertiary/aromatic N) is 1. The fourth-order valence-corrected chi connectivity index (χ4v) is 3.71. The Hall–Kier alpha value is 0.270. The lowest BCUT2D eigenvalue weighted by atomic mass is 9.86. The maximum absolute atomic E-state index is 9.13. The van der Waals surface area contributed by atoms with Crippen molar-refractivity contribution >= 4 is 12.6 Å². The van der Waals surface area contributed by atoms with E-state index in [4.69, 9.17) is 5.11 Å². The zero-order valence-corrected chi connectivity index (χ0v) is 11.1. The smallest absolute Gasteiger partial charge is 0.0460 e. The van der Waals surface area contributed by atoms with Gasteiger partial charge in [0.05, 0.1) is 0 Å². The van der Waals surface area contributed by atoms with Crippen LogP contribution in [0.2, 0.25) is 0 Å². The van der Waals surface area contributed by atoms with E-state index in [2.05, 4.69) is 17.5 Å². The van der Waals surface area contributed by atoms with E-state index in [9.17, 15) is 0 Å². The van der Waals surface area contributed by atoms with Crippen LogP contribution in [0.4, 0.5) is 0 Å². The molecule has 0 atom stereocenters. The molecule has 0 bridgehead atoms. The van der Waals surface area contributed by atoms with Crippen LogP contribution in [0.15, 0.2) is 0 Å². The highest BCUT2D eigenvalue weighted by Crippen LogP contribution is 2.40. The molecule has 3 heteroatoms. The number of thiol groups is 1. The number of hydrogen-bond acceptors (Lipinski definition) is 3. The van der Waals surface area contributed by atoms with Crippen LogP contribution in [0.1, 0.15) is 38.5 Å². The van der Waals surface area contributed by atoms with Crippen molar-refractivity contribution in [2.24, 2.45) is 11.3 Å². The highest BCUT2D eigenvalue weighted by atomic mass is 32.1. The molecule has 0 aromatic rings. The lowest BCUT2D eigenvalue weighted by Crippen LogP contribution is -2.42. The van der Waals surface area contributed by atoms with E-state index >= 15 is 0 Å². The fraction of sp³-hybridized carbons (Fsp3) is 1.00. The molecule has 2 fully saturated rings. The summed E-state index contributed by atoms with van der Waals surface area (Å²) in [6.07, 6.45) is 7.90. The maximum Gasteiger partial charge on any atom is 0.0460 e.